The maximum Gasteiger partial charge on any atom is 0.115 e. The van der Waals surface area contributed by atoms with Crippen LogP contribution in [0.3, 0.4) is 0 Å². The van der Waals surface area contributed by atoms with Gasteiger partial charge in [0.2, 0.25) is 0 Å². The molecule has 2 fully saturated rings. The molecule has 156 valence electrons. The van der Waals surface area contributed by atoms with Crippen LogP contribution in [0.25, 0.3) is 0 Å². The molecule has 2 aromatic carbocycles. The maximum absolute atomic E-state index is 9.88. The Morgan fingerprint density at radius 1 is 0.724 bits per heavy atom. The van der Waals surface area contributed by atoms with Crippen molar-refractivity contribution < 1.29 is 10.2 Å². The summed E-state index contributed by atoms with van der Waals surface area (Å²) in [7, 11) is 0. The summed E-state index contributed by atoms with van der Waals surface area (Å²) in [4.78, 5) is 0. The van der Waals surface area contributed by atoms with Gasteiger partial charge in [-0.15, -0.1) is 0 Å². The van der Waals surface area contributed by atoms with E-state index in [-0.39, 0.29) is 5.41 Å². The van der Waals surface area contributed by atoms with Gasteiger partial charge in [-0.05, 0) is 84.7 Å². The van der Waals surface area contributed by atoms with Crippen molar-refractivity contribution in [2.75, 3.05) is 0 Å². The van der Waals surface area contributed by atoms with Crippen LogP contribution in [-0.4, -0.2) is 10.2 Å². The lowest BCUT2D eigenvalue weighted by atomic mass is 9.51. The number of phenolic OH excluding ortho intramolecular Hbond substituents is 2. The van der Waals surface area contributed by atoms with E-state index < -0.39 is 0 Å². The zero-order chi connectivity index (χ0) is 20.5. The minimum absolute atomic E-state index is 0.0380. The molecule has 0 amide bonds. The van der Waals surface area contributed by atoms with E-state index in [1.165, 1.54) is 62.5 Å². The predicted molar refractivity (Wildman–Crippen MR) is 119 cm³/mol. The molecule has 2 aliphatic rings. The lowest BCUT2D eigenvalue weighted by molar-refractivity contribution is 0.00456. The number of benzene rings is 2. The van der Waals surface area contributed by atoms with Crippen molar-refractivity contribution in [2.45, 2.75) is 77.0 Å². The van der Waals surface area contributed by atoms with Crippen LogP contribution >= 0.6 is 0 Å². The second kappa shape index (κ2) is 8.05. The highest BCUT2D eigenvalue weighted by molar-refractivity contribution is 5.43. The Labute approximate surface area is 176 Å². The van der Waals surface area contributed by atoms with Crippen LogP contribution < -0.4 is 0 Å². The fraction of sp³-hybridized carbons (Fsp3) is 0.556. The van der Waals surface area contributed by atoms with Gasteiger partial charge in [0, 0.05) is 5.41 Å². The zero-order valence-corrected chi connectivity index (χ0v) is 18.0. The minimum Gasteiger partial charge on any atom is -0.508 e. The van der Waals surface area contributed by atoms with Gasteiger partial charge >= 0.3 is 0 Å². The first kappa shape index (κ1) is 20.3. The van der Waals surface area contributed by atoms with Crippen molar-refractivity contribution >= 4 is 0 Å². The molecule has 0 heterocycles. The Hall–Kier alpha value is -1.96. The summed E-state index contributed by atoms with van der Waals surface area (Å²) in [5.74, 6) is 2.09. The lowest BCUT2D eigenvalue weighted by Gasteiger charge is -2.53. The normalized spacial score (nSPS) is 23.8. The van der Waals surface area contributed by atoms with Gasteiger partial charge in [-0.1, -0.05) is 63.8 Å². The molecular formula is C27H36O2. The van der Waals surface area contributed by atoms with E-state index in [9.17, 15) is 10.2 Å². The summed E-state index contributed by atoms with van der Waals surface area (Å²) in [5.41, 5.74) is 3.03. The molecule has 29 heavy (non-hydrogen) atoms. The summed E-state index contributed by atoms with van der Waals surface area (Å²) in [6, 6.07) is 15.8. The molecule has 1 unspecified atom stereocenters. The molecule has 4 rings (SSSR count). The molecule has 0 spiro atoms. The molecule has 2 nitrogen and oxygen atoms in total. The van der Waals surface area contributed by atoms with Gasteiger partial charge in [0.05, 0.1) is 0 Å². The molecule has 2 saturated carbocycles. The standard InChI is InChI=1S/C27H36O2/c1-20(2)26(16-4-3-5-17-26)23-7-6-18-27(19-23,21-8-12-24(28)13-9-21)22-10-14-25(29)15-11-22/h8-15,20,23,28-29H,3-7,16-19H2,1-2H3. The van der Waals surface area contributed by atoms with E-state index in [1.54, 1.807) is 0 Å². The molecular weight excluding hydrogens is 356 g/mol. The van der Waals surface area contributed by atoms with E-state index in [2.05, 4.69) is 38.1 Å². The third kappa shape index (κ3) is 3.67. The molecule has 0 saturated heterocycles. The number of aromatic hydroxyl groups is 2. The SMILES string of the molecule is CC(C)C1(C2CCCC(c3ccc(O)cc3)(c3ccc(O)cc3)C2)CCCCC1. The average molecular weight is 393 g/mol. The Kier molecular flexibility index (Phi) is 5.64. The topological polar surface area (TPSA) is 40.5 Å². The van der Waals surface area contributed by atoms with Crippen molar-refractivity contribution in [1.82, 2.24) is 0 Å². The highest BCUT2D eigenvalue weighted by Gasteiger charge is 2.48. The Balaban J connectivity index is 1.78. The van der Waals surface area contributed by atoms with Gasteiger partial charge in [0.1, 0.15) is 11.5 Å². The van der Waals surface area contributed by atoms with Crippen LogP contribution in [0.5, 0.6) is 11.5 Å². The van der Waals surface area contributed by atoms with Crippen molar-refractivity contribution in [3.05, 3.63) is 59.7 Å². The highest BCUT2D eigenvalue weighted by atomic mass is 16.3. The van der Waals surface area contributed by atoms with Crippen LogP contribution in [0.15, 0.2) is 48.5 Å². The monoisotopic (exact) mass is 392 g/mol. The van der Waals surface area contributed by atoms with Crippen LogP contribution in [0, 0.1) is 17.3 Å². The van der Waals surface area contributed by atoms with E-state index in [0.29, 0.717) is 22.8 Å². The largest absolute Gasteiger partial charge is 0.508 e. The Bertz CT molecular complexity index is 752. The molecule has 0 aromatic heterocycles. The number of hydrogen-bond donors (Lipinski definition) is 2. The van der Waals surface area contributed by atoms with Crippen molar-refractivity contribution in [3.8, 4) is 11.5 Å². The zero-order valence-electron chi connectivity index (χ0n) is 18.0. The molecule has 2 N–H and O–H groups in total. The molecule has 2 aromatic rings. The van der Waals surface area contributed by atoms with Gasteiger partial charge in [-0.25, -0.2) is 0 Å². The summed E-state index contributed by atoms with van der Waals surface area (Å²) in [5, 5.41) is 19.8. The van der Waals surface area contributed by atoms with Gasteiger partial charge in [-0.3, -0.25) is 0 Å². The van der Waals surface area contributed by atoms with Crippen molar-refractivity contribution in [3.63, 3.8) is 0 Å². The highest BCUT2D eigenvalue weighted by Crippen LogP contribution is 2.58. The number of rotatable bonds is 4. The van der Waals surface area contributed by atoms with Gasteiger partial charge in [-0.2, -0.15) is 0 Å². The number of phenols is 2. The minimum atomic E-state index is -0.0380. The van der Waals surface area contributed by atoms with E-state index >= 15 is 0 Å². The molecule has 1 atom stereocenters. The second-order valence-electron chi connectivity index (χ2n) is 9.92. The quantitative estimate of drug-likeness (QED) is 0.578. The van der Waals surface area contributed by atoms with E-state index in [4.69, 9.17) is 0 Å². The molecule has 0 radical (unpaired) electrons. The van der Waals surface area contributed by atoms with Gasteiger partial charge in [0.25, 0.3) is 0 Å². The molecule has 0 aliphatic heterocycles. The summed E-state index contributed by atoms with van der Waals surface area (Å²) >= 11 is 0. The first-order valence-electron chi connectivity index (χ1n) is 11.6. The molecule has 2 heteroatoms. The smallest absolute Gasteiger partial charge is 0.115 e. The fourth-order valence-corrected chi connectivity index (χ4v) is 6.68. The third-order valence-electron chi connectivity index (χ3n) is 8.34. The van der Waals surface area contributed by atoms with Gasteiger partial charge < -0.3 is 10.2 Å². The third-order valence-corrected chi connectivity index (χ3v) is 8.34. The molecule has 2 aliphatic carbocycles. The molecule has 0 bridgehead atoms. The first-order chi connectivity index (χ1) is 14.0. The van der Waals surface area contributed by atoms with E-state index in [0.717, 1.165) is 12.3 Å². The van der Waals surface area contributed by atoms with Crippen LogP contribution in [0.2, 0.25) is 0 Å². The summed E-state index contributed by atoms with van der Waals surface area (Å²) in [6.45, 7) is 4.89. The van der Waals surface area contributed by atoms with Crippen molar-refractivity contribution in [1.29, 1.82) is 0 Å². The number of hydrogen-bond acceptors (Lipinski definition) is 2. The van der Waals surface area contributed by atoms with Crippen LogP contribution in [0.4, 0.5) is 0 Å². The summed E-state index contributed by atoms with van der Waals surface area (Å²) in [6.07, 6.45) is 11.8. The Morgan fingerprint density at radius 3 is 1.72 bits per heavy atom. The first-order valence-corrected chi connectivity index (χ1v) is 11.6. The maximum atomic E-state index is 9.88. The average Bonchev–Trinajstić information content (AvgIpc) is 2.75. The Morgan fingerprint density at radius 2 is 1.24 bits per heavy atom. The van der Waals surface area contributed by atoms with Crippen LogP contribution in [-0.2, 0) is 5.41 Å². The fourth-order valence-electron chi connectivity index (χ4n) is 6.68. The summed E-state index contributed by atoms with van der Waals surface area (Å²) < 4.78 is 0. The van der Waals surface area contributed by atoms with E-state index in [1.807, 2.05) is 24.3 Å². The predicted octanol–water partition coefficient (Wildman–Crippen LogP) is 7.18. The van der Waals surface area contributed by atoms with Crippen molar-refractivity contribution in [2.24, 2.45) is 17.3 Å². The van der Waals surface area contributed by atoms with Gasteiger partial charge in [0.15, 0.2) is 0 Å². The second-order valence-corrected chi connectivity index (χ2v) is 9.92. The lowest BCUT2D eigenvalue weighted by Crippen LogP contribution is -2.44. The van der Waals surface area contributed by atoms with Crippen LogP contribution in [0.1, 0.15) is 82.8 Å².